The Balaban J connectivity index is 1.39. The molecular weight excluding hydrogens is 370 g/mol. The summed E-state index contributed by atoms with van der Waals surface area (Å²) in [7, 11) is 2.13. The summed E-state index contributed by atoms with van der Waals surface area (Å²) in [6.07, 6.45) is 4.14. The molecule has 158 valence electrons. The Morgan fingerprint density at radius 1 is 1.21 bits per heavy atom. The highest BCUT2D eigenvalue weighted by Gasteiger charge is 2.26. The Kier molecular flexibility index (Phi) is 6.25. The molecule has 0 saturated carbocycles. The molecule has 0 radical (unpaired) electrons. The minimum absolute atomic E-state index is 0.283. The Morgan fingerprint density at radius 2 is 2.03 bits per heavy atom. The standard InChI is InChI=1S/C20H31N7O2/c1-15(2)19-23-18(29-24-19)14-26-8-4-5-16(13-26)25(3)17-6-7-21-20(22-17)27-9-11-28-12-10-27/h6-7,15-16H,4-5,8-14H2,1-3H3. The van der Waals surface area contributed by atoms with Gasteiger partial charge in [0.1, 0.15) is 5.82 Å². The molecule has 0 amide bonds. The van der Waals surface area contributed by atoms with Crippen LogP contribution in [0.4, 0.5) is 11.8 Å². The van der Waals surface area contributed by atoms with Gasteiger partial charge in [-0.25, -0.2) is 4.98 Å². The summed E-state index contributed by atoms with van der Waals surface area (Å²) in [6, 6.07) is 2.39. The summed E-state index contributed by atoms with van der Waals surface area (Å²) < 4.78 is 10.9. The van der Waals surface area contributed by atoms with Crippen molar-refractivity contribution >= 4 is 11.8 Å². The third kappa shape index (κ3) is 4.84. The van der Waals surface area contributed by atoms with Crippen LogP contribution in [0.3, 0.4) is 0 Å². The van der Waals surface area contributed by atoms with E-state index in [1.54, 1.807) is 0 Å². The molecule has 2 saturated heterocycles. The number of ether oxygens (including phenoxy) is 1. The van der Waals surface area contributed by atoms with Crippen LogP contribution in [0.1, 0.15) is 44.3 Å². The van der Waals surface area contributed by atoms with Crippen LogP contribution in [-0.4, -0.2) is 77.5 Å². The van der Waals surface area contributed by atoms with Gasteiger partial charge in [0.2, 0.25) is 11.8 Å². The number of aromatic nitrogens is 4. The van der Waals surface area contributed by atoms with Crippen molar-refractivity contribution in [2.45, 2.75) is 45.2 Å². The lowest BCUT2D eigenvalue weighted by atomic mass is 10.0. The molecule has 0 bridgehead atoms. The fraction of sp³-hybridized carbons (Fsp3) is 0.700. The fourth-order valence-corrected chi connectivity index (χ4v) is 3.89. The van der Waals surface area contributed by atoms with Crippen LogP contribution in [0.2, 0.25) is 0 Å². The van der Waals surface area contributed by atoms with Gasteiger partial charge in [-0.15, -0.1) is 0 Å². The zero-order valence-electron chi connectivity index (χ0n) is 17.6. The van der Waals surface area contributed by atoms with E-state index >= 15 is 0 Å². The van der Waals surface area contributed by atoms with Crippen molar-refractivity contribution in [3.05, 3.63) is 24.0 Å². The summed E-state index contributed by atoms with van der Waals surface area (Å²) in [5.41, 5.74) is 0. The van der Waals surface area contributed by atoms with Crippen LogP contribution in [0.25, 0.3) is 0 Å². The fourth-order valence-electron chi connectivity index (χ4n) is 3.89. The largest absolute Gasteiger partial charge is 0.378 e. The molecule has 2 fully saturated rings. The number of likely N-dealkylation sites (N-methyl/N-ethyl adjacent to an activating group) is 1. The number of nitrogens with zero attached hydrogens (tertiary/aromatic N) is 7. The van der Waals surface area contributed by atoms with Gasteiger partial charge >= 0.3 is 0 Å². The maximum Gasteiger partial charge on any atom is 0.240 e. The predicted octanol–water partition coefficient (Wildman–Crippen LogP) is 1.92. The van der Waals surface area contributed by atoms with Gasteiger partial charge in [0, 0.05) is 44.8 Å². The van der Waals surface area contributed by atoms with E-state index in [0.29, 0.717) is 18.5 Å². The highest BCUT2D eigenvalue weighted by Crippen LogP contribution is 2.23. The lowest BCUT2D eigenvalue weighted by Crippen LogP contribution is -2.46. The summed E-state index contributed by atoms with van der Waals surface area (Å²) >= 11 is 0. The molecule has 0 aromatic carbocycles. The van der Waals surface area contributed by atoms with E-state index in [2.05, 4.69) is 50.7 Å². The van der Waals surface area contributed by atoms with Gasteiger partial charge in [-0.05, 0) is 25.5 Å². The van der Waals surface area contributed by atoms with Gasteiger partial charge in [-0.2, -0.15) is 9.97 Å². The molecule has 29 heavy (non-hydrogen) atoms. The average molecular weight is 402 g/mol. The van der Waals surface area contributed by atoms with Gasteiger partial charge in [0.15, 0.2) is 5.82 Å². The van der Waals surface area contributed by atoms with Crippen LogP contribution in [0.5, 0.6) is 0 Å². The molecule has 2 aromatic heterocycles. The van der Waals surface area contributed by atoms with Gasteiger partial charge in [0.25, 0.3) is 0 Å². The molecule has 4 rings (SSSR count). The first-order valence-corrected chi connectivity index (χ1v) is 10.5. The Morgan fingerprint density at radius 3 is 2.79 bits per heavy atom. The van der Waals surface area contributed by atoms with Gasteiger partial charge in [-0.1, -0.05) is 19.0 Å². The topological polar surface area (TPSA) is 83.7 Å². The number of morpholine rings is 1. The van der Waals surface area contributed by atoms with Gasteiger partial charge in [0.05, 0.1) is 19.8 Å². The van der Waals surface area contributed by atoms with E-state index in [9.17, 15) is 0 Å². The van der Waals surface area contributed by atoms with Crippen molar-refractivity contribution in [2.75, 3.05) is 56.2 Å². The Bertz CT molecular complexity index is 791. The van der Waals surface area contributed by atoms with Crippen molar-refractivity contribution in [2.24, 2.45) is 0 Å². The summed E-state index contributed by atoms with van der Waals surface area (Å²) in [5, 5.41) is 4.08. The van der Waals surface area contributed by atoms with Crippen molar-refractivity contribution in [1.82, 2.24) is 25.0 Å². The smallest absolute Gasteiger partial charge is 0.240 e. The van der Waals surface area contributed by atoms with E-state index in [-0.39, 0.29) is 5.92 Å². The molecule has 4 heterocycles. The molecule has 0 N–H and O–H groups in total. The Hall–Kier alpha value is -2.26. The minimum Gasteiger partial charge on any atom is -0.378 e. The maximum atomic E-state index is 5.44. The number of piperidine rings is 1. The van der Waals surface area contributed by atoms with Crippen LogP contribution < -0.4 is 9.80 Å². The SMILES string of the molecule is CC(C)c1noc(CN2CCCC(N(C)c3ccnc(N4CCOCC4)n3)C2)n1. The molecule has 1 atom stereocenters. The molecule has 9 heteroatoms. The number of anilines is 2. The molecule has 2 aliphatic rings. The first-order valence-electron chi connectivity index (χ1n) is 10.5. The number of hydrogen-bond donors (Lipinski definition) is 0. The van der Waals surface area contributed by atoms with E-state index < -0.39 is 0 Å². The first kappa shape index (κ1) is 20.0. The molecule has 1 unspecified atom stereocenters. The average Bonchev–Trinajstić information content (AvgIpc) is 3.23. The normalized spacial score (nSPS) is 21.0. The maximum absolute atomic E-state index is 5.44. The minimum atomic E-state index is 0.283. The Labute approximate surface area is 172 Å². The van der Waals surface area contributed by atoms with E-state index in [1.807, 2.05) is 12.3 Å². The van der Waals surface area contributed by atoms with Crippen molar-refractivity contribution in [3.63, 3.8) is 0 Å². The number of rotatable bonds is 6. The number of likely N-dealkylation sites (tertiary alicyclic amines) is 1. The quantitative estimate of drug-likeness (QED) is 0.721. The lowest BCUT2D eigenvalue weighted by molar-refractivity contribution is 0.122. The molecule has 9 nitrogen and oxygen atoms in total. The summed E-state index contributed by atoms with van der Waals surface area (Å²) in [4.78, 5) is 20.7. The van der Waals surface area contributed by atoms with Crippen molar-refractivity contribution in [1.29, 1.82) is 0 Å². The summed E-state index contributed by atoms with van der Waals surface area (Å²) in [6.45, 7) is 10.00. The third-order valence-corrected chi connectivity index (χ3v) is 5.67. The van der Waals surface area contributed by atoms with Crippen LogP contribution >= 0.6 is 0 Å². The van der Waals surface area contributed by atoms with Crippen LogP contribution in [-0.2, 0) is 11.3 Å². The lowest BCUT2D eigenvalue weighted by Gasteiger charge is -2.38. The molecule has 2 aliphatic heterocycles. The predicted molar refractivity (Wildman–Crippen MR) is 110 cm³/mol. The van der Waals surface area contributed by atoms with Crippen LogP contribution in [0, 0.1) is 0 Å². The van der Waals surface area contributed by atoms with Crippen molar-refractivity contribution < 1.29 is 9.26 Å². The number of hydrogen-bond acceptors (Lipinski definition) is 9. The third-order valence-electron chi connectivity index (χ3n) is 5.67. The zero-order chi connectivity index (χ0) is 20.2. The zero-order valence-corrected chi connectivity index (χ0v) is 17.6. The van der Waals surface area contributed by atoms with Gasteiger partial charge < -0.3 is 19.1 Å². The van der Waals surface area contributed by atoms with Gasteiger partial charge in [-0.3, -0.25) is 4.90 Å². The second-order valence-electron chi connectivity index (χ2n) is 8.16. The molecule has 0 aliphatic carbocycles. The van der Waals surface area contributed by atoms with Crippen LogP contribution in [0.15, 0.2) is 16.8 Å². The highest BCUT2D eigenvalue weighted by molar-refractivity contribution is 5.44. The van der Waals surface area contributed by atoms with E-state index in [1.165, 1.54) is 0 Å². The highest BCUT2D eigenvalue weighted by atomic mass is 16.5. The molecular formula is C20H31N7O2. The van der Waals surface area contributed by atoms with Crippen molar-refractivity contribution in [3.8, 4) is 0 Å². The summed E-state index contributed by atoms with van der Waals surface area (Å²) in [5.74, 6) is 3.52. The van der Waals surface area contributed by atoms with E-state index in [4.69, 9.17) is 14.2 Å². The molecule has 2 aromatic rings. The second-order valence-corrected chi connectivity index (χ2v) is 8.16. The first-order chi connectivity index (χ1) is 14.1. The second kappa shape index (κ2) is 9.04. The van der Waals surface area contributed by atoms with E-state index in [0.717, 1.165) is 69.8 Å². The monoisotopic (exact) mass is 401 g/mol. The molecule has 0 spiro atoms.